The molecule has 1 amide bonds. The molecule has 0 heterocycles. The van der Waals surface area contributed by atoms with Crippen molar-refractivity contribution in [3.63, 3.8) is 0 Å². The fraction of sp³-hybridized carbons (Fsp3) is 0.286. The first-order chi connectivity index (χ1) is 11.7. The summed E-state index contributed by atoms with van der Waals surface area (Å²) in [5, 5.41) is 0. The van der Waals surface area contributed by atoms with Gasteiger partial charge in [0.1, 0.15) is 0 Å². The van der Waals surface area contributed by atoms with Gasteiger partial charge in [-0.1, -0.05) is 89.0 Å². The second-order valence-corrected chi connectivity index (χ2v) is 9.01. The zero-order valence-electron chi connectivity index (χ0n) is 15.0. The van der Waals surface area contributed by atoms with Gasteiger partial charge < -0.3 is 4.90 Å². The van der Waals surface area contributed by atoms with E-state index in [0.717, 1.165) is 25.8 Å². The standard InChI is InChI=1S/C21H23Br2NO/c1-15-10-11-17(22)13-19(15)24(20(25)21(2,3)4)14-18(23)12-16-8-6-5-7-9-16/h5-13H,14H2,1-4H3/b18-12-. The van der Waals surface area contributed by atoms with Crippen LogP contribution in [0.4, 0.5) is 5.69 Å². The van der Waals surface area contributed by atoms with E-state index in [1.54, 1.807) is 0 Å². The van der Waals surface area contributed by atoms with E-state index in [2.05, 4.69) is 37.9 Å². The Bertz CT molecular complexity index is 776. The molecule has 0 radical (unpaired) electrons. The Morgan fingerprint density at radius 3 is 2.36 bits per heavy atom. The zero-order chi connectivity index (χ0) is 18.6. The normalized spacial score (nSPS) is 12.2. The first-order valence-electron chi connectivity index (χ1n) is 8.18. The van der Waals surface area contributed by atoms with E-state index in [1.165, 1.54) is 0 Å². The van der Waals surface area contributed by atoms with Crippen LogP contribution in [0.5, 0.6) is 0 Å². The van der Waals surface area contributed by atoms with Crippen molar-refractivity contribution in [2.75, 3.05) is 11.4 Å². The topological polar surface area (TPSA) is 20.3 Å². The number of benzene rings is 2. The Kier molecular flexibility index (Phi) is 6.64. The zero-order valence-corrected chi connectivity index (χ0v) is 18.2. The number of carbonyl (C=O) groups is 1. The van der Waals surface area contributed by atoms with E-state index in [9.17, 15) is 4.79 Å². The van der Waals surface area contributed by atoms with Crippen molar-refractivity contribution in [1.29, 1.82) is 0 Å². The van der Waals surface area contributed by atoms with E-state index < -0.39 is 5.41 Å². The molecule has 2 aromatic rings. The SMILES string of the molecule is Cc1ccc(Br)cc1N(C/C(Br)=C/c1ccccc1)C(=O)C(C)(C)C. The number of hydrogen-bond acceptors (Lipinski definition) is 1. The lowest BCUT2D eigenvalue weighted by molar-refractivity contribution is -0.125. The first kappa shape index (κ1) is 19.9. The summed E-state index contributed by atoms with van der Waals surface area (Å²) in [6.07, 6.45) is 2.05. The summed E-state index contributed by atoms with van der Waals surface area (Å²) in [4.78, 5) is 14.9. The number of rotatable bonds is 4. The van der Waals surface area contributed by atoms with Crippen molar-refractivity contribution < 1.29 is 4.79 Å². The van der Waals surface area contributed by atoms with Crippen molar-refractivity contribution in [1.82, 2.24) is 0 Å². The van der Waals surface area contributed by atoms with Crippen LogP contribution in [0.15, 0.2) is 57.5 Å². The van der Waals surface area contributed by atoms with Crippen molar-refractivity contribution in [2.45, 2.75) is 27.7 Å². The van der Waals surface area contributed by atoms with Gasteiger partial charge in [0.2, 0.25) is 5.91 Å². The number of halogens is 2. The third-order valence-corrected chi connectivity index (χ3v) is 4.75. The predicted octanol–water partition coefficient (Wildman–Crippen LogP) is 6.57. The molecule has 132 valence electrons. The van der Waals surface area contributed by atoms with Gasteiger partial charge in [-0.2, -0.15) is 0 Å². The quantitative estimate of drug-likeness (QED) is 0.500. The van der Waals surface area contributed by atoms with Crippen molar-refractivity contribution in [3.8, 4) is 0 Å². The summed E-state index contributed by atoms with van der Waals surface area (Å²) >= 11 is 7.17. The minimum atomic E-state index is -0.464. The van der Waals surface area contributed by atoms with E-state index in [1.807, 2.05) is 81.1 Å². The lowest BCUT2D eigenvalue weighted by atomic mass is 9.94. The highest BCUT2D eigenvalue weighted by atomic mass is 79.9. The summed E-state index contributed by atoms with van der Waals surface area (Å²) in [6, 6.07) is 16.1. The average molecular weight is 465 g/mol. The highest BCUT2D eigenvalue weighted by Gasteiger charge is 2.29. The smallest absolute Gasteiger partial charge is 0.232 e. The minimum absolute atomic E-state index is 0.0899. The van der Waals surface area contributed by atoms with E-state index in [4.69, 9.17) is 0 Å². The highest BCUT2D eigenvalue weighted by molar-refractivity contribution is 9.11. The van der Waals surface area contributed by atoms with Gasteiger partial charge in [0.25, 0.3) is 0 Å². The van der Waals surface area contributed by atoms with Gasteiger partial charge in [-0.25, -0.2) is 0 Å². The molecule has 0 saturated carbocycles. The van der Waals surface area contributed by atoms with Gasteiger partial charge in [0.05, 0.1) is 6.54 Å². The number of amides is 1. The molecule has 0 aliphatic rings. The Morgan fingerprint density at radius 1 is 1.12 bits per heavy atom. The van der Waals surface area contributed by atoms with Crippen molar-refractivity contribution in [2.24, 2.45) is 5.41 Å². The molecule has 0 N–H and O–H groups in total. The molecular weight excluding hydrogens is 442 g/mol. The summed E-state index contributed by atoms with van der Waals surface area (Å²) in [7, 11) is 0. The van der Waals surface area contributed by atoms with Crippen LogP contribution in [0.25, 0.3) is 6.08 Å². The van der Waals surface area contributed by atoms with E-state index >= 15 is 0 Å². The summed E-state index contributed by atoms with van der Waals surface area (Å²) in [5.74, 6) is 0.0899. The van der Waals surface area contributed by atoms with Crippen LogP contribution in [-0.4, -0.2) is 12.5 Å². The van der Waals surface area contributed by atoms with Crippen LogP contribution in [0.2, 0.25) is 0 Å². The second kappa shape index (κ2) is 8.33. The molecule has 2 nitrogen and oxygen atoms in total. The van der Waals surface area contributed by atoms with Gasteiger partial charge in [-0.15, -0.1) is 0 Å². The molecule has 0 aliphatic carbocycles. The van der Waals surface area contributed by atoms with Crippen LogP contribution < -0.4 is 4.90 Å². The monoisotopic (exact) mass is 463 g/mol. The third kappa shape index (κ3) is 5.55. The molecule has 2 rings (SSSR count). The molecule has 25 heavy (non-hydrogen) atoms. The van der Waals surface area contributed by atoms with Crippen LogP contribution in [-0.2, 0) is 4.79 Å². The maximum Gasteiger partial charge on any atom is 0.232 e. The number of aryl methyl sites for hydroxylation is 1. The maximum atomic E-state index is 13.1. The molecule has 4 heteroatoms. The molecule has 0 saturated heterocycles. The van der Waals surface area contributed by atoms with Crippen LogP contribution in [0.3, 0.4) is 0 Å². The summed E-state index contributed by atoms with van der Waals surface area (Å²) in [5.41, 5.74) is 2.63. The molecule has 0 unspecified atom stereocenters. The molecule has 0 aromatic heterocycles. The summed E-state index contributed by atoms with van der Waals surface area (Å²) in [6.45, 7) is 8.36. The van der Waals surface area contributed by atoms with Gasteiger partial charge in [-0.3, -0.25) is 4.79 Å². The molecule has 2 aromatic carbocycles. The number of nitrogens with zero attached hydrogens (tertiary/aromatic N) is 1. The molecular formula is C21H23Br2NO. The van der Waals surface area contributed by atoms with Crippen molar-refractivity contribution >= 4 is 49.5 Å². The minimum Gasteiger partial charge on any atom is -0.307 e. The predicted molar refractivity (Wildman–Crippen MR) is 114 cm³/mol. The Morgan fingerprint density at radius 2 is 1.76 bits per heavy atom. The molecule has 0 atom stereocenters. The fourth-order valence-electron chi connectivity index (χ4n) is 2.47. The van der Waals surface area contributed by atoms with Crippen LogP contribution in [0, 0.1) is 12.3 Å². The first-order valence-corrected chi connectivity index (χ1v) is 9.76. The van der Waals surface area contributed by atoms with E-state index in [0.29, 0.717) is 6.54 Å². The Balaban J connectivity index is 2.40. The summed E-state index contributed by atoms with van der Waals surface area (Å²) < 4.78 is 1.92. The lowest BCUT2D eigenvalue weighted by Gasteiger charge is -2.31. The van der Waals surface area contributed by atoms with Crippen molar-refractivity contribution in [3.05, 3.63) is 68.6 Å². The van der Waals surface area contributed by atoms with Gasteiger partial charge in [-0.05, 0) is 36.3 Å². The molecule has 0 aliphatic heterocycles. The number of anilines is 1. The highest BCUT2D eigenvalue weighted by Crippen LogP contribution is 2.30. The van der Waals surface area contributed by atoms with Gasteiger partial charge in [0.15, 0.2) is 0 Å². The molecule has 0 bridgehead atoms. The van der Waals surface area contributed by atoms with Gasteiger partial charge >= 0.3 is 0 Å². The number of hydrogen-bond donors (Lipinski definition) is 0. The molecule has 0 spiro atoms. The number of carbonyl (C=O) groups excluding carboxylic acids is 1. The Labute approximate surface area is 167 Å². The third-order valence-electron chi connectivity index (χ3n) is 3.78. The van der Waals surface area contributed by atoms with Crippen LogP contribution in [0.1, 0.15) is 31.9 Å². The molecule has 0 fully saturated rings. The largest absolute Gasteiger partial charge is 0.307 e. The van der Waals surface area contributed by atoms with E-state index in [-0.39, 0.29) is 5.91 Å². The lowest BCUT2D eigenvalue weighted by Crippen LogP contribution is -2.40. The average Bonchev–Trinajstić information content (AvgIpc) is 2.54. The second-order valence-electron chi connectivity index (χ2n) is 7.07. The van der Waals surface area contributed by atoms with Crippen LogP contribution >= 0.6 is 31.9 Å². The maximum absolute atomic E-state index is 13.1. The fourth-order valence-corrected chi connectivity index (χ4v) is 3.34. The Hall–Kier alpha value is -1.39. The van der Waals surface area contributed by atoms with Gasteiger partial charge in [0, 0.05) is 20.1 Å².